The van der Waals surface area contributed by atoms with Crippen molar-refractivity contribution in [3.05, 3.63) is 54.4 Å². The van der Waals surface area contributed by atoms with Gasteiger partial charge in [-0.1, -0.05) is 12.1 Å². The number of carbonyl (C=O) groups is 1. The van der Waals surface area contributed by atoms with Crippen LogP contribution in [-0.2, 0) is 6.54 Å². The van der Waals surface area contributed by atoms with Crippen molar-refractivity contribution in [3.63, 3.8) is 0 Å². The van der Waals surface area contributed by atoms with Gasteiger partial charge in [-0.25, -0.2) is 4.79 Å². The first kappa shape index (κ1) is 21.4. The number of ether oxygens (including phenoxy) is 2. The first-order valence-electron chi connectivity index (χ1n) is 11.2. The predicted molar refractivity (Wildman–Crippen MR) is 119 cm³/mol. The van der Waals surface area contributed by atoms with Gasteiger partial charge in [-0.05, 0) is 55.5 Å². The molecule has 2 fully saturated rings. The Balaban J connectivity index is 1.16. The Morgan fingerprint density at radius 1 is 0.968 bits per heavy atom. The van der Waals surface area contributed by atoms with Crippen molar-refractivity contribution in [2.24, 2.45) is 0 Å². The Hall–Kier alpha value is -2.80. The van der Waals surface area contributed by atoms with Crippen molar-refractivity contribution < 1.29 is 14.3 Å². The molecule has 7 heteroatoms. The standard InChI is InChI=1S/C24H32N4O3/c1-30-21-4-2-19(3-5-21)18-26-24(29)28-14-8-20(9-15-28)27-16-10-23(11-17-27)31-22-6-12-25-13-7-22/h2-7,12-13,20,23H,8-11,14-18H2,1H3,(H,26,29). The molecule has 0 unspecified atom stereocenters. The van der Waals surface area contributed by atoms with Gasteiger partial charge < -0.3 is 19.7 Å². The molecule has 0 spiro atoms. The molecule has 4 rings (SSSR count). The molecule has 1 aromatic carbocycles. The molecule has 31 heavy (non-hydrogen) atoms. The number of hydrogen-bond donors (Lipinski definition) is 1. The highest BCUT2D eigenvalue weighted by molar-refractivity contribution is 5.74. The molecule has 0 bridgehead atoms. The third-order valence-electron chi connectivity index (χ3n) is 6.30. The number of benzene rings is 1. The SMILES string of the molecule is COc1ccc(CNC(=O)N2CCC(N3CCC(Oc4ccncc4)CC3)CC2)cc1. The summed E-state index contributed by atoms with van der Waals surface area (Å²) < 4.78 is 11.3. The number of methoxy groups -OCH3 is 1. The zero-order valence-corrected chi connectivity index (χ0v) is 18.2. The highest BCUT2D eigenvalue weighted by Gasteiger charge is 2.30. The third-order valence-corrected chi connectivity index (χ3v) is 6.30. The lowest BCUT2D eigenvalue weighted by Gasteiger charge is -2.41. The predicted octanol–water partition coefficient (Wildman–Crippen LogP) is 3.31. The van der Waals surface area contributed by atoms with Crippen molar-refractivity contribution in [2.45, 2.75) is 44.4 Å². The number of amides is 2. The summed E-state index contributed by atoms with van der Waals surface area (Å²) in [4.78, 5) is 21.1. The Morgan fingerprint density at radius 3 is 2.29 bits per heavy atom. The lowest BCUT2D eigenvalue weighted by molar-refractivity contribution is 0.0535. The van der Waals surface area contributed by atoms with E-state index in [-0.39, 0.29) is 12.1 Å². The molecule has 166 valence electrons. The second-order valence-corrected chi connectivity index (χ2v) is 8.26. The van der Waals surface area contributed by atoms with Crippen LogP contribution < -0.4 is 14.8 Å². The molecule has 2 aliphatic rings. The molecule has 0 aliphatic carbocycles. The zero-order chi connectivity index (χ0) is 21.5. The average Bonchev–Trinajstić information content (AvgIpc) is 2.84. The van der Waals surface area contributed by atoms with Gasteiger partial charge in [0.25, 0.3) is 0 Å². The van der Waals surface area contributed by atoms with E-state index in [0.29, 0.717) is 12.6 Å². The second-order valence-electron chi connectivity index (χ2n) is 8.26. The molecule has 2 aliphatic heterocycles. The molecule has 1 aromatic heterocycles. The monoisotopic (exact) mass is 424 g/mol. The topological polar surface area (TPSA) is 66.9 Å². The summed E-state index contributed by atoms with van der Waals surface area (Å²) >= 11 is 0. The largest absolute Gasteiger partial charge is 0.497 e. The van der Waals surface area contributed by atoms with E-state index < -0.39 is 0 Å². The fraction of sp³-hybridized carbons (Fsp3) is 0.500. The number of urea groups is 1. The van der Waals surface area contributed by atoms with Gasteiger partial charge >= 0.3 is 6.03 Å². The number of piperidine rings is 2. The minimum absolute atomic E-state index is 0.0266. The minimum atomic E-state index is 0.0266. The lowest BCUT2D eigenvalue weighted by atomic mass is 9.99. The second kappa shape index (κ2) is 10.5. The van der Waals surface area contributed by atoms with Crippen LogP contribution in [-0.4, -0.2) is 66.2 Å². The summed E-state index contributed by atoms with van der Waals surface area (Å²) in [7, 11) is 1.65. The fourth-order valence-corrected chi connectivity index (χ4v) is 4.43. The maximum absolute atomic E-state index is 12.5. The number of nitrogens with one attached hydrogen (secondary N) is 1. The van der Waals surface area contributed by atoms with Crippen LogP contribution in [0.1, 0.15) is 31.2 Å². The molecule has 7 nitrogen and oxygen atoms in total. The van der Waals surface area contributed by atoms with Gasteiger partial charge in [-0.2, -0.15) is 0 Å². The lowest BCUT2D eigenvalue weighted by Crippen LogP contribution is -2.51. The van der Waals surface area contributed by atoms with Crippen LogP contribution >= 0.6 is 0 Å². The van der Waals surface area contributed by atoms with Gasteiger partial charge in [0.15, 0.2) is 0 Å². The summed E-state index contributed by atoms with van der Waals surface area (Å²) in [5.41, 5.74) is 1.07. The van der Waals surface area contributed by atoms with Gasteiger partial charge in [-0.3, -0.25) is 9.88 Å². The van der Waals surface area contributed by atoms with Crippen molar-refractivity contribution in [3.8, 4) is 11.5 Å². The summed E-state index contributed by atoms with van der Waals surface area (Å²) in [6.45, 7) is 4.28. The van der Waals surface area contributed by atoms with Crippen LogP contribution in [0.4, 0.5) is 4.79 Å². The molecular weight excluding hydrogens is 392 g/mol. The van der Waals surface area contributed by atoms with E-state index in [2.05, 4.69) is 15.2 Å². The van der Waals surface area contributed by atoms with E-state index in [1.54, 1.807) is 19.5 Å². The summed E-state index contributed by atoms with van der Waals surface area (Å²) in [5.74, 6) is 1.73. The van der Waals surface area contributed by atoms with E-state index >= 15 is 0 Å². The van der Waals surface area contributed by atoms with Crippen LogP contribution in [0.25, 0.3) is 0 Å². The first-order valence-corrected chi connectivity index (χ1v) is 11.2. The van der Waals surface area contributed by atoms with Gasteiger partial charge in [0.05, 0.1) is 7.11 Å². The van der Waals surface area contributed by atoms with E-state index in [0.717, 1.165) is 68.9 Å². The number of likely N-dealkylation sites (tertiary alicyclic amines) is 2. The number of rotatable bonds is 6. The van der Waals surface area contributed by atoms with Crippen molar-refractivity contribution >= 4 is 6.03 Å². The van der Waals surface area contributed by atoms with Crippen LogP contribution in [0.2, 0.25) is 0 Å². The highest BCUT2D eigenvalue weighted by Crippen LogP contribution is 2.24. The Kier molecular flexibility index (Phi) is 7.25. The van der Waals surface area contributed by atoms with Gasteiger partial charge in [0, 0.05) is 51.2 Å². The summed E-state index contributed by atoms with van der Waals surface area (Å²) in [6, 6.07) is 12.2. The summed E-state index contributed by atoms with van der Waals surface area (Å²) in [6.07, 6.45) is 7.98. The first-order chi connectivity index (χ1) is 15.2. The Morgan fingerprint density at radius 2 is 1.65 bits per heavy atom. The normalized spacial score (nSPS) is 18.5. The molecule has 2 amide bonds. The maximum Gasteiger partial charge on any atom is 0.317 e. The van der Waals surface area contributed by atoms with Crippen LogP contribution in [0.15, 0.2) is 48.8 Å². The van der Waals surface area contributed by atoms with Crippen LogP contribution in [0.5, 0.6) is 11.5 Å². The third kappa shape index (κ3) is 5.88. The Bertz CT molecular complexity index is 814. The highest BCUT2D eigenvalue weighted by atomic mass is 16.5. The van der Waals surface area contributed by atoms with Gasteiger partial charge in [-0.15, -0.1) is 0 Å². The van der Waals surface area contributed by atoms with Crippen molar-refractivity contribution in [1.82, 2.24) is 20.1 Å². The average molecular weight is 425 g/mol. The van der Waals surface area contributed by atoms with E-state index in [1.807, 2.05) is 41.3 Å². The van der Waals surface area contributed by atoms with Crippen LogP contribution in [0, 0.1) is 0 Å². The number of carbonyl (C=O) groups excluding carboxylic acids is 1. The molecule has 0 saturated carbocycles. The number of hydrogen-bond acceptors (Lipinski definition) is 5. The molecule has 3 heterocycles. The van der Waals surface area contributed by atoms with Crippen molar-refractivity contribution in [2.75, 3.05) is 33.3 Å². The van der Waals surface area contributed by atoms with Crippen molar-refractivity contribution in [1.29, 1.82) is 0 Å². The quantitative estimate of drug-likeness (QED) is 0.771. The molecular formula is C24H32N4O3. The number of aromatic nitrogens is 1. The number of pyridine rings is 1. The maximum atomic E-state index is 12.5. The van der Waals surface area contributed by atoms with Gasteiger partial charge in [0.1, 0.15) is 17.6 Å². The van der Waals surface area contributed by atoms with E-state index in [1.165, 1.54) is 0 Å². The zero-order valence-electron chi connectivity index (χ0n) is 18.2. The molecule has 1 N–H and O–H groups in total. The number of nitrogens with zero attached hydrogens (tertiary/aromatic N) is 3. The minimum Gasteiger partial charge on any atom is -0.497 e. The molecule has 2 saturated heterocycles. The summed E-state index contributed by atoms with van der Waals surface area (Å²) in [5, 5.41) is 3.04. The smallest absolute Gasteiger partial charge is 0.317 e. The van der Waals surface area contributed by atoms with E-state index in [9.17, 15) is 4.79 Å². The molecule has 2 aromatic rings. The molecule has 0 radical (unpaired) electrons. The fourth-order valence-electron chi connectivity index (χ4n) is 4.43. The molecule has 0 atom stereocenters. The van der Waals surface area contributed by atoms with E-state index in [4.69, 9.17) is 9.47 Å². The van der Waals surface area contributed by atoms with Gasteiger partial charge in [0.2, 0.25) is 0 Å². The van der Waals surface area contributed by atoms with Crippen LogP contribution in [0.3, 0.4) is 0 Å². The Labute approximate surface area is 184 Å².